The minimum absolute atomic E-state index is 0.113. The summed E-state index contributed by atoms with van der Waals surface area (Å²) in [5, 5.41) is 0. The summed E-state index contributed by atoms with van der Waals surface area (Å²) < 4.78 is 16.7. The predicted molar refractivity (Wildman–Crippen MR) is 270 cm³/mol. The maximum absolute atomic E-state index is 12.7. The molecule has 0 fully saturated rings. The minimum Gasteiger partial charge on any atom is -0.462 e. The van der Waals surface area contributed by atoms with Crippen molar-refractivity contribution in [3.05, 3.63) is 97.2 Å². The summed E-state index contributed by atoms with van der Waals surface area (Å²) in [4.78, 5) is 37.9. The van der Waals surface area contributed by atoms with E-state index in [1.807, 2.05) is 54.7 Å². The van der Waals surface area contributed by atoms with E-state index < -0.39 is 6.10 Å². The number of hydrogen-bond acceptors (Lipinski definition) is 6. The molecule has 0 aromatic carbocycles. The van der Waals surface area contributed by atoms with Gasteiger partial charge < -0.3 is 14.2 Å². The summed E-state index contributed by atoms with van der Waals surface area (Å²) >= 11 is 0. The third-order valence-electron chi connectivity index (χ3n) is 10.7. The van der Waals surface area contributed by atoms with Gasteiger partial charge in [0.05, 0.1) is 0 Å². The first-order valence-corrected chi connectivity index (χ1v) is 25.8. The van der Waals surface area contributed by atoms with E-state index in [1.54, 1.807) is 0 Å². The smallest absolute Gasteiger partial charge is 0.306 e. The molecule has 0 bridgehead atoms. The highest BCUT2D eigenvalue weighted by atomic mass is 16.6. The van der Waals surface area contributed by atoms with Crippen LogP contribution in [0, 0.1) is 0 Å². The molecule has 0 saturated carbocycles. The van der Waals surface area contributed by atoms with Gasteiger partial charge in [0.15, 0.2) is 6.10 Å². The molecule has 0 radical (unpaired) electrons. The highest BCUT2D eigenvalue weighted by Gasteiger charge is 2.19. The van der Waals surface area contributed by atoms with Gasteiger partial charge in [-0.15, -0.1) is 0 Å². The molecule has 1 unspecified atom stereocenters. The molecule has 63 heavy (non-hydrogen) atoms. The van der Waals surface area contributed by atoms with E-state index in [-0.39, 0.29) is 37.5 Å². The largest absolute Gasteiger partial charge is 0.462 e. The van der Waals surface area contributed by atoms with Crippen molar-refractivity contribution in [2.45, 2.75) is 232 Å². The van der Waals surface area contributed by atoms with E-state index >= 15 is 0 Å². The minimum atomic E-state index is -0.822. The van der Waals surface area contributed by atoms with Gasteiger partial charge in [-0.1, -0.05) is 221 Å². The van der Waals surface area contributed by atoms with Crippen LogP contribution in [0.1, 0.15) is 226 Å². The van der Waals surface area contributed by atoms with Gasteiger partial charge in [-0.25, -0.2) is 0 Å². The van der Waals surface area contributed by atoms with E-state index in [9.17, 15) is 14.4 Å². The number of carbonyl (C=O) groups excluding carboxylic acids is 3. The molecule has 0 amide bonds. The van der Waals surface area contributed by atoms with Crippen molar-refractivity contribution < 1.29 is 28.6 Å². The summed E-state index contributed by atoms with van der Waals surface area (Å²) in [6, 6.07) is 0. The molecule has 0 N–H and O–H groups in total. The van der Waals surface area contributed by atoms with Gasteiger partial charge in [0, 0.05) is 19.3 Å². The molecular formula is C57H94O6. The lowest BCUT2D eigenvalue weighted by Crippen LogP contribution is -2.30. The van der Waals surface area contributed by atoms with Crippen LogP contribution >= 0.6 is 0 Å². The molecule has 0 spiro atoms. The van der Waals surface area contributed by atoms with Gasteiger partial charge >= 0.3 is 17.9 Å². The quantitative estimate of drug-likeness (QED) is 0.0199. The number of rotatable bonds is 45. The van der Waals surface area contributed by atoms with Crippen molar-refractivity contribution >= 4 is 17.9 Å². The molecule has 6 heteroatoms. The van der Waals surface area contributed by atoms with E-state index in [1.165, 1.54) is 116 Å². The van der Waals surface area contributed by atoms with Crippen LogP contribution in [-0.2, 0) is 28.6 Å². The summed E-state index contributed by atoms with van der Waals surface area (Å²) in [7, 11) is 0. The average Bonchev–Trinajstić information content (AvgIpc) is 3.28. The summed E-state index contributed by atoms with van der Waals surface area (Å²) in [6.45, 7) is 6.37. The third kappa shape index (κ3) is 49.2. The van der Waals surface area contributed by atoms with Crippen molar-refractivity contribution in [1.82, 2.24) is 0 Å². The van der Waals surface area contributed by atoms with Crippen LogP contribution in [0.25, 0.3) is 0 Å². The van der Waals surface area contributed by atoms with Crippen molar-refractivity contribution in [3.63, 3.8) is 0 Å². The number of carbonyl (C=O) groups is 3. The van der Waals surface area contributed by atoms with Crippen LogP contribution in [0.5, 0.6) is 0 Å². The average molecular weight is 875 g/mol. The maximum atomic E-state index is 12.7. The molecule has 0 rings (SSSR count). The molecule has 358 valence electrons. The second-order valence-electron chi connectivity index (χ2n) is 16.8. The van der Waals surface area contributed by atoms with E-state index in [2.05, 4.69) is 63.3 Å². The summed E-state index contributed by atoms with van der Waals surface area (Å²) in [5.41, 5.74) is 0. The van der Waals surface area contributed by atoms with Gasteiger partial charge in [-0.2, -0.15) is 0 Å². The van der Waals surface area contributed by atoms with Crippen molar-refractivity contribution in [1.29, 1.82) is 0 Å². The van der Waals surface area contributed by atoms with Crippen LogP contribution in [0.15, 0.2) is 97.2 Å². The van der Waals surface area contributed by atoms with Crippen LogP contribution in [0.3, 0.4) is 0 Å². The Hall–Kier alpha value is -3.67. The molecule has 0 aliphatic carbocycles. The number of unbranched alkanes of at least 4 members (excludes halogenated alkanes) is 23. The molecule has 1 atom stereocenters. The molecule has 0 saturated heterocycles. The van der Waals surface area contributed by atoms with Gasteiger partial charge in [0.2, 0.25) is 0 Å². The molecule has 0 heterocycles. The van der Waals surface area contributed by atoms with Gasteiger partial charge in [-0.3, -0.25) is 14.4 Å². The fourth-order valence-electron chi connectivity index (χ4n) is 6.81. The van der Waals surface area contributed by atoms with Gasteiger partial charge in [0.25, 0.3) is 0 Å². The number of ether oxygens (including phenoxy) is 3. The molecule has 0 aromatic heterocycles. The zero-order chi connectivity index (χ0) is 45.8. The Bertz CT molecular complexity index is 1280. The molecule has 0 aromatic rings. The highest BCUT2D eigenvalue weighted by molar-refractivity contribution is 5.71. The predicted octanol–water partition coefficient (Wildman–Crippen LogP) is 17.0. The van der Waals surface area contributed by atoms with Gasteiger partial charge in [0.1, 0.15) is 13.2 Å². The van der Waals surface area contributed by atoms with E-state index in [4.69, 9.17) is 14.2 Å². The standard InChI is InChI=1S/C57H94O6/c1-4-7-10-13-16-19-22-25-26-27-28-29-30-33-35-38-41-44-47-50-56(59)62-53-54(63-57(60)51-48-45-42-39-36-32-24-21-18-15-12-9-6-3)52-61-55(58)49-46-43-40-37-34-31-23-20-17-14-11-8-5-2/h9,12,15-16,18-19,21-22,24-25,31-32,34,36,39,42,54H,4-8,10-11,13-14,17,20,23,26-30,33,35,37-38,40-41,43-53H2,1-3H3/b12-9+,18-15+,19-16+,24-21+,25-22+,34-31+,36-32+,42-39+. The molecule has 6 nitrogen and oxygen atoms in total. The summed E-state index contributed by atoms with van der Waals surface area (Å²) in [5.74, 6) is -1.01. The van der Waals surface area contributed by atoms with Crippen molar-refractivity contribution in [2.75, 3.05) is 13.2 Å². The van der Waals surface area contributed by atoms with E-state index in [0.29, 0.717) is 19.3 Å². The lowest BCUT2D eigenvalue weighted by Gasteiger charge is -2.18. The second-order valence-corrected chi connectivity index (χ2v) is 16.8. The zero-order valence-electron chi connectivity index (χ0n) is 40.8. The Kier molecular flexibility index (Phi) is 48.0. The first-order chi connectivity index (χ1) is 31.0. The number of hydrogen-bond donors (Lipinski definition) is 0. The fraction of sp³-hybridized carbons (Fsp3) is 0.667. The topological polar surface area (TPSA) is 78.9 Å². The molecule has 0 aliphatic heterocycles. The Morgan fingerprint density at radius 2 is 0.651 bits per heavy atom. The number of allylic oxidation sites excluding steroid dienone is 16. The molecule has 0 aliphatic rings. The van der Waals surface area contributed by atoms with Gasteiger partial charge in [-0.05, 0) is 83.5 Å². The first kappa shape index (κ1) is 59.3. The second kappa shape index (κ2) is 51.0. The SMILES string of the molecule is CC/C=C/C=C/C=C/C=C/C=C/CCCC(=O)OC(COC(=O)CCCCC/C=C/CCCCCCCC)COC(=O)CCCCCCCCCCCC/C=C/C=C/CCCCC. The summed E-state index contributed by atoms with van der Waals surface area (Å²) in [6.07, 6.45) is 66.9. The third-order valence-corrected chi connectivity index (χ3v) is 10.7. The Labute approximate surface area is 387 Å². The Morgan fingerprint density at radius 3 is 1.13 bits per heavy atom. The van der Waals surface area contributed by atoms with Crippen molar-refractivity contribution in [3.8, 4) is 0 Å². The molecular weight excluding hydrogens is 781 g/mol. The first-order valence-electron chi connectivity index (χ1n) is 25.8. The van der Waals surface area contributed by atoms with Crippen LogP contribution in [0.2, 0.25) is 0 Å². The van der Waals surface area contributed by atoms with Crippen molar-refractivity contribution in [2.24, 2.45) is 0 Å². The van der Waals surface area contributed by atoms with E-state index in [0.717, 1.165) is 64.2 Å². The number of esters is 3. The highest BCUT2D eigenvalue weighted by Crippen LogP contribution is 2.14. The monoisotopic (exact) mass is 875 g/mol. The lowest BCUT2D eigenvalue weighted by atomic mass is 10.1. The van der Waals surface area contributed by atoms with Crippen LogP contribution in [-0.4, -0.2) is 37.2 Å². The Morgan fingerprint density at radius 1 is 0.333 bits per heavy atom. The van der Waals surface area contributed by atoms with Crippen LogP contribution in [0.4, 0.5) is 0 Å². The normalized spacial score (nSPS) is 12.9. The van der Waals surface area contributed by atoms with Crippen LogP contribution < -0.4 is 0 Å². The Balaban J connectivity index is 4.46. The fourth-order valence-corrected chi connectivity index (χ4v) is 6.81. The maximum Gasteiger partial charge on any atom is 0.306 e. The zero-order valence-corrected chi connectivity index (χ0v) is 40.8. The lowest BCUT2D eigenvalue weighted by molar-refractivity contribution is -0.167.